The lowest BCUT2D eigenvalue weighted by atomic mass is 10.3. The lowest BCUT2D eigenvalue weighted by Crippen LogP contribution is -2.38. The van der Waals surface area contributed by atoms with Crippen molar-refractivity contribution < 1.29 is 9.18 Å². The van der Waals surface area contributed by atoms with Crippen LogP contribution in [-0.4, -0.2) is 30.5 Å². The molecule has 0 aliphatic heterocycles. The average Bonchev–Trinajstić information content (AvgIpc) is 2.16. The number of halogens is 1. The van der Waals surface area contributed by atoms with Crippen LogP contribution in [0.4, 0.5) is 10.2 Å². The number of pyridine rings is 1. The summed E-state index contributed by atoms with van der Waals surface area (Å²) in [4.78, 5) is 16.7. The summed E-state index contributed by atoms with van der Waals surface area (Å²) < 4.78 is 12.8. The number of hydrogen-bond acceptors (Lipinski definition) is 3. The molecule has 1 N–H and O–H groups in total. The average molecular weight is 225 g/mol. The Hall–Kier alpha value is -1.65. The molecule has 4 nitrogen and oxygen atoms in total. The third-order valence-corrected chi connectivity index (χ3v) is 1.92. The van der Waals surface area contributed by atoms with Crippen LogP contribution in [0.1, 0.15) is 13.8 Å². The minimum Gasteiger partial charge on any atom is -0.352 e. The molecule has 0 saturated carbocycles. The van der Waals surface area contributed by atoms with Gasteiger partial charge in [0.1, 0.15) is 5.82 Å². The predicted octanol–water partition coefficient (Wildman–Crippen LogP) is 1.18. The van der Waals surface area contributed by atoms with Crippen LogP contribution >= 0.6 is 0 Å². The van der Waals surface area contributed by atoms with Crippen LogP contribution in [0.2, 0.25) is 0 Å². The standard InChI is InChI=1S/C11H16FN3O/c1-8(2)13-11(16)7-15(3)10-6-4-5-9(12)14-10/h4-6,8H,7H2,1-3H3,(H,13,16). The number of aromatic nitrogens is 1. The number of likely N-dealkylation sites (N-methyl/N-ethyl adjacent to an activating group) is 1. The number of carbonyl (C=O) groups is 1. The summed E-state index contributed by atoms with van der Waals surface area (Å²) in [5, 5.41) is 2.76. The highest BCUT2D eigenvalue weighted by molar-refractivity contribution is 5.81. The van der Waals surface area contributed by atoms with Gasteiger partial charge in [0.15, 0.2) is 0 Å². The number of carbonyl (C=O) groups excluding carboxylic acids is 1. The maximum atomic E-state index is 12.8. The molecule has 88 valence electrons. The summed E-state index contributed by atoms with van der Waals surface area (Å²) in [5.41, 5.74) is 0. The highest BCUT2D eigenvalue weighted by Gasteiger charge is 2.09. The van der Waals surface area contributed by atoms with Gasteiger partial charge < -0.3 is 10.2 Å². The first-order valence-corrected chi connectivity index (χ1v) is 5.12. The molecule has 0 saturated heterocycles. The van der Waals surface area contributed by atoms with E-state index in [4.69, 9.17) is 0 Å². The number of amides is 1. The molecule has 0 atom stereocenters. The maximum Gasteiger partial charge on any atom is 0.239 e. The van der Waals surface area contributed by atoms with E-state index >= 15 is 0 Å². The van der Waals surface area contributed by atoms with E-state index < -0.39 is 5.95 Å². The van der Waals surface area contributed by atoms with Gasteiger partial charge in [0.25, 0.3) is 0 Å². The number of rotatable bonds is 4. The van der Waals surface area contributed by atoms with E-state index in [1.807, 2.05) is 13.8 Å². The van der Waals surface area contributed by atoms with Crippen LogP contribution in [0.3, 0.4) is 0 Å². The van der Waals surface area contributed by atoms with Gasteiger partial charge in [-0.3, -0.25) is 4.79 Å². The van der Waals surface area contributed by atoms with Crippen molar-refractivity contribution in [3.05, 3.63) is 24.1 Å². The van der Waals surface area contributed by atoms with Gasteiger partial charge in [0.05, 0.1) is 6.54 Å². The molecule has 0 unspecified atom stereocenters. The SMILES string of the molecule is CC(C)NC(=O)CN(C)c1cccc(F)n1. The fraction of sp³-hybridized carbons (Fsp3) is 0.455. The highest BCUT2D eigenvalue weighted by atomic mass is 19.1. The topological polar surface area (TPSA) is 45.2 Å². The molecule has 1 aromatic heterocycles. The van der Waals surface area contributed by atoms with Crippen LogP contribution in [0.15, 0.2) is 18.2 Å². The smallest absolute Gasteiger partial charge is 0.239 e. The third kappa shape index (κ3) is 3.84. The largest absolute Gasteiger partial charge is 0.352 e. The lowest BCUT2D eigenvalue weighted by Gasteiger charge is -2.18. The molecule has 0 bridgehead atoms. The van der Waals surface area contributed by atoms with Crippen molar-refractivity contribution in [2.75, 3.05) is 18.5 Å². The van der Waals surface area contributed by atoms with Crippen LogP contribution in [0.5, 0.6) is 0 Å². The number of anilines is 1. The van der Waals surface area contributed by atoms with Crippen molar-refractivity contribution in [1.29, 1.82) is 0 Å². The molecule has 16 heavy (non-hydrogen) atoms. The molecule has 0 spiro atoms. The molecule has 0 aliphatic carbocycles. The summed E-state index contributed by atoms with van der Waals surface area (Å²) in [5.74, 6) is -0.212. The first kappa shape index (κ1) is 12.4. The molecule has 1 amide bonds. The summed E-state index contributed by atoms with van der Waals surface area (Å²) in [6, 6.07) is 4.59. The molecule has 0 aliphatic rings. The zero-order chi connectivity index (χ0) is 12.1. The molecular formula is C11H16FN3O. The highest BCUT2D eigenvalue weighted by Crippen LogP contribution is 2.08. The maximum absolute atomic E-state index is 12.8. The van der Waals surface area contributed by atoms with E-state index in [0.717, 1.165) is 0 Å². The Kier molecular flexibility index (Phi) is 4.22. The Morgan fingerprint density at radius 3 is 2.81 bits per heavy atom. The van der Waals surface area contributed by atoms with Crippen LogP contribution in [0, 0.1) is 5.95 Å². The van der Waals surface area contributed by atoms with Crippen LogP contribution in [-0.2, 0) is 4.79 Å². The second-order valence-electron chi connectivity index (χ2n) is 3.90. The van der Waals surface area contributed by atoms with Crippen molar-refractivity contribution in [1.82, 2.24) is 10.3 Å². The van der Waals surface area contributed by atoms with Crippen molar-refractivity contribution in [3.8, 4) is 0 Å². The number of hydrogen-bond donors (Lipinski definition) is 1. The minimum atomic E-state index is -0.548. The number of nitrogens with zero attached hydrogens (tertiary/aromatic N) is 2. The summed E-state index contributed by atoms with van der Waals surface area (Å²) in [7, 11) is 1.70. The molecule has 0 radical (unpaired) electrons. The van der Waals surface area contributed by atoms with Gasteiger partial charge >= 0.3 is 0 Å². The molecular weight excluding hydrogens is 209 g/mol. The van der Waals surface area contributed by atoms with Gasteiger partial charge in [-0.1, -0.05) is 6.07 Å². The second-order valence-corrected chi connectivity index (χ2v) is 3.90. The molecule has 1 heterocycles. The molecule has 1 aromatic rings. The van der Waals surface area contributed by atoms with Gasteiger partial charge in [-0.15, -0.1) is 0 Å². The van der Waals surface area contributed by atoms with Gasteiger partial charge in [0, 0.05) is 13.1 Å². The van der Waals surface area contributed by atoms with E-state index in [-0.39, 0.29) is 18.5 Å². The van der Waals surface area contributed by atoms with Crippen molar-refractivity contribution in [3.63, 3.8) is 0 Å². The summed E-state index contributed by atoms with van der Waals surface area (Å²) in [6.45, 7) is 3.94. The molecule has 0 fully saturated rings. The predicted molar refractivity (Wildman–Crippen MR) is 60.7 cm³/mol. The molecule has 5 heteroatoms. The van der Waals surface area contributed by atoms with E-state index in [0.29, 0.717) is 5.82 Å². The van der Waals surface area contributed by atoms with E-state index in [1.165, 1.54) is 6.07 Å². The lowest BCUT2D eigenvalue weighted by molar-refractivity contribution is -0.120. The zero-order valence-electron chi connectivity index (χ0n) is 9.70. The van der Waals surface area contributed by atoms with Crippen molar-refractivity contribution >= 4 is 11.7 Å². The normalized spacial score (nSPS) is 10.3. The minimum absolute atomic E-state index is 0.0985. The van der Waals surface area contributed by atoms with E-state index in [9.17, 15) is 9.18 Å². The fourth-order valence-corrected chi connectivity index (χ4v) is 1.27. The van der Waals surface area contributed by atoms with Gasteiger partial charge in [-0.25, -0.2) is 4.98 Å². The second kappa shape index (κ2) is 5.44. The first-order valence-electron chi connectivity index (χ1n) is 5.12. The van der Waals surface area contributed by atoms with Gasteiger partial charge in [-0.2, -0.15) is 4.39 Å². The quantitative estimate of drug-likeness (QED) is 0.783. The van der Waals surface area contributed by atoms with E-state index in [1.54, 1.807) is 24.1 Å². The van der Waals surface area contributed by atoms with Crippen molar-refractivity contribution in [2.45, 2.75) is 19.9 Å². The molecule has 0 aromatic carbocycles. The fourth-order valence-electron chi connectivity index (χ4n) is 1.27. The Bertz CT molecular complexity index is 368. The Labute approximate surface area is 94.5 Å². The monoisotopic (exact) mass is 225 g/mol. The Morgan fingerprint density at radius 2 is 2.25 bits per heavy atom. The zero-order valence-corrected chi connectivity index (χ0v) is 9.70. The molecule has 1 rings (SSSR count). The van der Waals surface area contributed by atoms with E-state index in [2.05, 4.69) is 10.3 Å². The first-order chi connectivity index (χ1) is 7.49. The summed E-state index contributed by atoms with van der Waals surface area (Å²) in [6.07, 6.45) is 0. The Morgan fingerprint density at radius 1 is 1.56 bits per heavy atom. The Balaban J connectivity index is 2.58. The van der Waals surface area contributed by atoms with Crippen LogP contribution < -0.4 is 10.2 Å². The van der Waals surface area contributed by atoms with Crippen LogP contribution in [0.25, 0.3) is 0 Å². The van der Waals surface area contributed by atoms with Gasteiger partial charge in [-0.05, 0) is 26.0 Å². The number of nitrogens with one attached hydrogen (secondary N) is 1. The van der Waals surface area contributed by atoms with Crippen molar-refractivity contribution in [2.24, 2.45) is 0 Å². The third-order valence-electron chi connectivity index (χ3n) is 1.92. The van der Waals surface area contributed by atoms with Gasteiger partial charge in [0.2, 0.25) is 11.9 Å². The summed E-state index contributed by atoms with van der Waals surface area (Å²) >= 11 is 0.